The lowest BCUT2D eigenvalue weighted by Gasteiger charge is -2.16. The Morgan fingerprint density at radius 3 is 2.68 bits per heavy atom. The molecule has 1 aliphatic rings. The summed E-state index contributed by atoms with van der Waals surface area (Å²) in [7, 11) is 1.13. The number of hydrogen-bond donors (Lipinski definition) is 0. The number of esters is 1. The Kier molecular flexibility index (Phi) is 3.08. The number of ether oxygens (including phenoxy) is 1. The van der Waals surface area contributed by atoms with Gasteiger partial charge in [0.25, 0.3) is 5.56 Å². The molecule has 1 fully saturated rings. The van der Waals surface area contributed by atoms with Crippen LogP contribution in [-0.2, 0) is 15.7 Å². The maximum Gasteiger partial charge on any atom is 0.451 e. The van der Waals surface area contributed by atoms with Crippen molar-refractivity contribution in [1.82, 2.24) is 9.66 Å². The van der Waals surface area contributed by atoms with Gasteiger partial charge < -0.3 is 4.74 Å². The van der Waals surface area contributed by atoms with Gasteiger partial charge in [-0.1, -0.05) is 12.1 Å². The van der Waals surface area contributed by atoms with E-state index in [2.05, 4.69) is 9.72 Å². The van der Waals surface area contributed by atoms with Crippen LogP contribution in [0.3, 0.4) is 0 Å². The van der Waals surface area contributed by atoms with Gasteiger partial charge in [-0.3, -0.25) is 9.80 Å². The zero-order valence-electron chi connectivity index (χ0n) is 11.3. The molecule has 3 rings (SSSR count). The number of para-hydroxylation sites is 1. The maximum atomic E-state index is 13.2. The molecule has 1 saturated heterocycles. The predicted octanol–water partition coefficient (Wildman–Crippen LogP) is 0.908. The van der Waals surface area contributed by atoms with Crippen LogP contribution in [0.4, 0.5) is 13.2 Å². The van der Waals surface area contributed by atoms with E-state index in [4.69, 9.17) is 0 Å². The molecule has 6 nitrogen and oxygen atoms in total. The van der Waals surface area contributed by atoms with E-state index in [1.165, 1.54) is 24.3 Å². The second-order valence-corrected chi connectivity index (χ2v) is 4.73. The summed E-state index contributed by atoms with van der Waals surface area (Å²) in [4.78, 5) is 27.3. The van der Waals surface area contributed by atoms with Crippen molar-refractivity contribution in [3.63, 3.8) is 0 Å². The third-order valence-corrected chi connectivity index (χ3v) is 3.32. The highest BCUT2D eigenvalue weighted by Gasteiger charge is 2.48. The first kappa shape index (κ1) is 14.4. The lowest BCUT2D eigenvalue weighted by atomic mass is 10.2. The van der Waals surface area contributed by atoms with Gasteiger partial charge in [0.1, 0.15) is 0 Å². The van der Waals surface area contributed by atoms with Crippen molar-refractivity contribution in [1.29, 1.82) is 0 Å². The first-order valence-electron chi connectivity index (χ1n) is 6.28. The summed E-state index contributed by atoms with van der Waals surface area (Å²) < 4.78 is 44.5. The van der Waals surface area contributed by atoms with Gasteiger partial charge in [0.05, 0.1) is 24.6 Å². The van der Waals surface area contributed by atoms with Crippen LogP contribution in [0.1, 0.15) is 5.82 Å². The van der Waals surface area contributed by atoms with Crippen LogP contribution in [0, 0.1) is 0 Å². The molecule has 0 aliphatic carbocycles. The number of alkyl halides is 3. The minimum atomic E-state index is -4.83. The summed E-state index contributed by atoms with van der Waals surface area (Å²) >= 11 is 0. The molecule has 116 valence electrons. The van der Waals surface area contributed by atoms with Crippen LogP contribution in [0.2, 0.25) is 0 Å². The number of methoxy groups -OCH3 is 1. The van der Waals surface area contributed by atoms with Gasteiger partial charge in [0.15, 0.2) is 6.04 Å². The Labute approximate surface area is 121 Å². The van der Waals surface area contributed by atoms with Crippen LogP contribution in [0.5, 0.6) is 0 Å². The van der Waals surface area contributed by atoms with Gasteiger partial charge >= 0.3 is 12.1 Å². The number of carbonyl (C=O) groups is 1. The summed E-state index contributed by atoms with van der Waals surface area (Å²) in [5, 5.41) is 1.03. The average Bonchev–Trinajstić information content (AvgIpc) is 3.25. The number of aromatic nitrogens is 2. The van der Waals surface area contributed by atoms with E-state index in [0.29, 0.717) is 4.68 Å². The largest absolute Gasteiger partial charge is 0.467 e. The first-order valence-corrected chi connectivity index (χ1v) is 6.28. The molecule has 1 aliphatic heterocycles. The molecule has 0 saturated carbocycles. The Hall–Kier alpha value is -2.58. The third-order valence-electron chi connectivity index (χ3n) is 3.32. The fourth-order valence-corrected chi connectivity index (χ4v) is 2.23. The topological polar surface area (TPSA) is 64.2 Å². The van der Waals surface area contributed by atoms with Crippen molar-refractivity contribution in [3.8, 4) is 0 Å². The molecule has 22 heavy (non-hydrogen) atoms. The normalized spacial score (nSPS) is 17.6. The molecule has 0 spiro atoms. The van der Waals surface area contributed by atoms with Gasteiger partial charge in [-0.15, -0.1) is 0 Å². The lowest BCUT2D eigenvalue weighted by Crippen LogP contribution is -2.38. The van der Waals surface area contributed by atoms with Gasteiger partial charge in [0, 0.05) is 0 Å². The van der Waals surface area contributed by atoms with Crippen LogP contribution >= 0.6 is 0 Å². The van der Waals surface area contributed by atoms with E-state index in [0.717, 1.165) is 12.1 Å². The van der Waals surface area contributed by atoms with E-state index in [1.54, 1.807) is 0 Å². The van der Waals surface area contributed by atoms with Crippen LogP contribution in [0.15, 0.2) is 29.1 Å². The number of nitrogens with zero attached hydrogens (tertiary/aromatic N) is 3. The molecule has 2 aromatic rings. The SMILES string of the molecule is COC(=O)[C@@H]1CN1n1c(C(F)(F)F)nc2ccccc2c1=O. The van der Waals surface area contributed by atoms with E-state index in [9.17, 15) is 22.8 Å². The molecule has 1 aromatic carbocycles. The predicted molar refractivity (Wildman–Crippen MR) is 69.9 cm³/mol. The number of fused-ring (bicyclic) bond motifs is 1. The monoisotopic (exact) mass is 313 g/mol. The zero-order chi connectivity index (χ0) is 16.1. The third kappa shape index (κ3) is 2.18. The molecular formula is C13H10F3N3O3. The lowest BCUT2D eigenvalue weighted by molar-refractivity contribution is -0.148. The number of rotatable bonds is 2. The highest BCUT2D eigenvalue weighted by molar-refractivity contribution is 5.83. The van der Waals surface area contributed by atoms with Gasteiger partial charge in [-0.2, -0.15) is 17.8 Å². The van der Waals surface area contributed by atoms with Crippen LogP contribution in [0.25, 0.3) is 10.9 Å². The molecule has 1 aromatic heterocycles. The van der Waals surface area contributed by atoms with E-state index in [1.807, 2.05) is 0 Å². The summed E-state index contributed by atoms with van der Waals surface area (Å²) in [6.45, 7) is -0.0321. The van der Waals surface area contributed by atoms with Crippen molar-refractivity contribution in [2.75, 3.05) is 18.7 Å². The fourth-order valence-electron chi connectivity index (χ4n) is 2.23. The number of halogens is 3. The maximum absolute atomic E-state index is 13.2. The number of hydrogen-bond acceptors (Lipinski definition) is 5. The van der Waals surface area contributed by atoms with E-state index in [-0.39, 0.29) is 17.4 Å². The molecule has 0 N–H and O–H groups in total. The highest BCUT2D eigenvalue weighted by Crippen LogP contribution is 2.30. The van der Waals surface area contributed by atoms with Crippen LogP contribution in [-0.4, -0.2) is 35.3 Å². The Morgan fingerprint density at radius 2 is 2.05 bits per heavy atom. The van der Waals surface area contributed by atoms with Crippen LogP contribution < -0.4 is 10.6 Å². The highest BCUT2D eigenvalue weighted by atomic mass is 19.4. The van der Waals surface area contributed by atoms with Gasteiger partial charge in [-0.25, -0.2) is 9.78 Å². The van der Waals surface area contributed by atoms with Crippen molar-refractivity contribution in [3.05, 3.63) is 40.4 Å². The average molecular weight is 313 g/mol. The molecule has 2 heterocycles. The van der Waals surface area contributed by atoms with Crippen molar-refractivity contribution >= 4 is 16.9 Å². The second kappa shape index (κ2) is 4.72. The number of benzene rings is 1. The Balaban J connectivity index is 2.22. The van der Waals surface area contributed by atoms with Gasteiger partial charge in [0.2, 0.25) is 5.82 Å². The second-order valence-electron chi connectivity index (χ2n) is 4.73. The number of carbonyl (C=O) groups excluding carboxylic acids is 1. The smallest absolute Gasteiger partial charge is 0.451 e. The first-order chi connectivity index (χ1) is 10.3. The molecular weight excluding hydrogens is 303 g/mol. The molecule has 9 heteroatoms. The quantitative estimate of drug-likeness (QED) is 0.609. The standard InChI is InChI=1S/C13H10F3N3O3/c1-22-11(21)9-6-18(9)19-10(20)7-4-2-3-5-8(7)17-12(19)13(14,15)16/h2-5,9H,6H2,1H3/t9-,18?/m0/s1. The molecule has 0 unspecified atom stereocenters. The summed E-state index contributed by atoms with van der Waals surface area (Å²) in [6, 6.07) is 4.83. The minimum absolute atomic E-state index is 0.0321. The Morgan fingerprint density at radius 1 is 1.36 bits per heavy atom. The summed E-state index contributed by atoms with van der Waals surface area (Å²) in [5.41, 5.74) is -0.920. The van der Waals surface area contributed by atoms with Crippen molar-refractivity contribution < 1.29 is 22.7 Å². The van der Waals surface area contributed by atoms with Crippen molar-refractivity contribution in [2.24, 2.45) is 0 Å². The molecule has 0 radical (unpaired) electrons. The molecule has 1 atom stereocenters. The molecule has 0 amide bonds. The van der Waals surface area contributed by atoms with Gasteiger partial charge in [-0.05, 0) is 12.1 Å². The van der Waals surface area contributed by atoms with E-state index < -0.39 is 29.6 Å². The molecule has 0 bridgehead atoms. The van der Waals surface area contributed by atoms with E-state index >= 15 is 0 Å². The fraction of sp³-hybridized carbons (Fsp3) is 0.308. The summed E-state index contributed by atoms with van der Waals surface area (Å²) in [5.74, 6) is -2.06. The Bertz CT molecular complexity index is 816. The summed E-state index contributed by atoms with van der Waals surface area (Å²) in [6.07, 6.45) is -4.83. The van der Waals surface area contributed by atoms with Crippen molar-refractivity contribution in [2.45, 2.75) is 12.2 Å². The minimum Gasteiger partial charge on any atom is -0.467 e. The zero-order valence-corrected chi connectivity index (χ0v) is 11.3.